The second-order valence-corrected chi connectivity index (χ2v) is 6.19. The molecule has 19 heavy (non-hydrogen) atoms. The Morgan fingerprint density at radius 1 is 0.947 bits per heavy atom. The van der Waals surface area contributed by atoms with E-state index in [-0.39, 0.29) is 6.17 Å². The Morgan fingerprint density at radius 3 is 2.42 bits per heavy atom. The fraction of sp³-hybridized carbons (Fsp3) is 0.143. The molecule has 0 aliphatic carbocycles. The summed E-state index contributed by atoms with van der Waals surface area (Å²) >= 11 is 0. The highest BCUT2D eigenvalue weighted by molar-refractivity contribution is 7.89. The van der Waals surface area contributed by atoms with Gasteiger partial charge >= 0.3 is 0 Å². The van der Waals surface area contributed by atoms with Crippen molar-refractivity contribution in [1.82, 2.24) is 4.72 Å². The minimum Gasteiger partial charge on any atom is -0.368 e. The maximum atomic E-state index is 12.1. The molecular weight excluding hydrogens is 260 g/mol. The third-order valence-electron chi connectivity index (χ3n) is 3.09. The van der Waals surface area contributed by atoms with Crippen LogP contribution in [0, 0.1) is 0 Å². The van der Waals surface area contributed by atoms with Crippen LogP contribution in [-0.2, 0) is 16.4 Å². The lowest BCUT2D eigenvalue weighted by molar-refractivity contribution is 0.555. The predicted octanol–water partition coefficient (Wildman–Crippen LogP) is 1.96. The van der Waals surface area contributed by atoms with Gasteiger partial charge in [-0.25, -0.2) is 8.42 Å². The number of para-hydroxylation sites is 1. The third kappa shape index (κ3) is 2.47. The van der Waals surface area contributed by atoms with Crippen LogP contribution in [0.1, 0.15) is 5.56 Å². The predicted molar refractivity (Wildman–Crippen MR) is 74.3 cm³/mol. The molecule has 0 amide bonds. The van der Waals surface area contributed by atoms with Gasteiger partial charge in [-0.15, -0.1) is 0 Å². The van der Waals surface area contributed by atoms with Gasteiger partial charge in [0.05, 0.1) is 11.9 Å². The van der Waals surface area contributed by atoms with E-state index in [1.54, 1.807) is 18.2 Å². The summed E-state index contributed by atoms with van der Waals surface area (Å²) in [6.45, 7) is 0. The minimum atomic E-state index is -3.42. The molecule has 0 radical (unpaired) electrons. The van der Waals surface area contributed by atoms with E-state index in [9.17, 15) is 8.42 Å². The van der Waals surface area contributed by atoms with Gasteiger partial charge in [-0.05, 0) is 17.7 Å². The lowest BCUT2D eigenvalue weighted by atomic mass is 10.1. The van der Waals surface area contributed by atoms with Crippen LogP contribution in [0.25, 0.3) is 0 Å². The molecule has 0 fully saturated rings. The van der Waals surface area contributed by atoms with E-state index in [1.807, 2.05) is 36.4 Å². The maximum absolute atomic E-state index is 12.1. The Balaban J connectivity index is 1.89. The number of hydrogen-bond acceptors (Lipinski definition) is 3. The van der Waals surface area contributed by atoms with E-state index < -0.39 is 10.0 Å². The molecule has 0 spiro atoms. The van der Waals surface area contributed by atoms with Gasteiger partial charge in [-0.2, -0.15) is 4.72 Å². The van der Waals surface area contributed by atoms with E-state index in [0.29, 0.717) is 17.0 Å². The van der Waals surface area contributed by atoms with Crippen molar-refractivity contribution in [2.75, 3.05) is 5.32 Å². The van der Waals surface area contributed by atoms with Crippen molar-refractivity contribution in [3.05, 3.63) is 60.2 Å². The van der Waals surface area contributed by atoms with Crippen LogP contribution in [-0.4, -0.2) is 14.6 Å². The van der Waals surface area contributed by atoms with Crippen molar-refractivity contribution in [1.29, 1.82) is 0 Å². The second-order valence-electron chi connectivity index (χ2n) is 4.50. The smallest absolute Gasteiger partial charge is 0.244 e. The molecular formula is C14H14N2O2S. The van der Waals surface area contributed by atoms with E-state index in [1.165, 1.54) is 0 Å². The zero-order valence-electron chi connectivity index (χ0n) is 10.2. The minimum absolute atomic E-state index is 0.305. The summed E-state index contributed by atoms with van der Waals surface area (Å²) in [6, 6.07) is 16.7. The first kappa shape index (κ1) is 12.2. The summed E-state index contributed by atoms with van der Waals surface area (Å²) in [5.41, 5.74) is 1.74. The molecule has 2 aromatic rings. The van der Waals surface area contributed by atoms with Crippen molar-refractivity contribution in [3.63, 3.8) is 0 Å². The lowest BCUT2D eigenvalue weighted by Crippen LogP contribution is -2.45. The van der Waals surface area contributed by atoms with E-state index in [0.717, 1.165) is 5.56 Å². The molecule has 5 heteroatoms. The molecule has 1 aliphatic heterocycles. The van der Waals surface area contributed by atoms with Crippen LogP contribution in [0.3, 0.4) is 0 Å². The highest BCUT2D eigenvalue weighted by atomic mass is 32.2. The number of fused-ring (bicyclic) bond motifs is 1. The van der Waals surface area contributed by atoms with Crippen molar-refractivity contribution in [2.45, 2.75) is 17.5 Å². The third-order valence-corrected chi connectivity index (χ3v) is 4.62. The summed E-state index contributed by atoms with van der Waals surface area (Å²) in [5.74, 6) is 0. The van der Waals surface area contributed by atoms with Crippen LogP contribution < -0.4 is 10.0 Å². The summed E-state index contributed by atoms with van der Waals surface area (Å²) in [5, 5.41) is 3.21. The fourth-order valence-electron chi connectivity index (χ4n) is 2.23. The first-order chi connectivity index (χ1) is 9.15. The number of benzene rings is 2. The molecule has 98 valence electrons. The molecule has 2 aromatic carbocycles. The summed E-state index contributed by atoms with van der Waals surface area (Å²) in [4.78, 5) is 0.305. The number of rotatable bonds is 2. The van der Waals surface area contributed by atoms with E-state index in [4.69, 9.17) is 0 Å². The molecule has 1 atom stereocenters. The lowest BCUT2D eigenvalue weighted by Gasteiger charge is -2.28. The van der Waals surface area contributed by atoms with Gasteiger partial charge in [0, 0.05) is 6.42 Å². The summed E-state index contributed by atoms with van der Waals surface area (Å²) in [7, 11) is -3.42. The van der Waals surface area contributed by atoms with Gasteiger partial charge in [0.15, 0.2) is 0 Å². The van der Waals surface area contributed by atoms with Gasteiger partial charge in [-0.1, -0.05) is 42.5 Å². The van der Waals surface area contributed by atoms with Gasteiger partial charge in [0.1, 0.15) is 4.90 Å². The Kier molecular flexibility index (Phi) is 3.00. The van der Waals surface area contributed by atoms with Gasteiger partial charge in [0.25, 0.3) is 0 Å². The fourth-order valence-corrected chi connectivity index (χ4v) is 3.55. The quantitative estimate of drug-likeness (QED) is 0.880. The molecule has 1 unspecified atom stereocenters. The van der Waals surface area contributed by atoms with Crippen molar-refractivity contribution >= 4 is 15.7 Å². The number of hydrogen-bond donors (Lipinski definition) is 2. The first-order valence-corrected chi connectivity index (χ1v) is 7.55. The molecule has 0 saturated carbocycles. The van der Waals surface area contributed by atoms with Crippen LogP contribution in [0.15, 0.2) is 59.5 Å². The van der Waals surface area contributed by atoms with E-state index >= 15 is 0 Å². The Morgan fingerprint density at radius 2 is 1.63 bits per heavy atom. The number of anilines is 1. The van der Waals surface area contributed by atoms with Crippen LogP contribution in [0.5, 0.6) is 0 Å². The Bertz CT molecular complexity index is 684. The Labute approximate surface area is 112 Å². The molecule has 2 N–H and O–H groups in total. The van der Waals surface area contributed by atoms with Gasteiger partial charge in [-0.3, -0.25) is 0 Å². The summed E-state index contributed by atoms with van der Waals surface area (Å²) < 4.78 is 26.9. The molecule has 1 heterocycles. The normalized spacial score (nSPS) is 20.3. The average molecular weight is 274 g/mol. The zero-order valence-corrected chi connectivity index (χ0v) is 11.0. The molecule has 0 aromatic heterocycles. The molecule has 3 rings (SSSR count). The molecule has 1 aliphatic rings. The Hall–Kier alpha value is -1.85. The van der Waals surface area contributed by atoms with Crippen LogP contribution in [0.2, 0.25) is 0 Å². The highest BCUT2D eigenvalue weighted by Gasteiger charge is 2.28. The topological polar surface area (TPSA) is 58.2 Å². The zero-order chi connectivity index (χ0) is 13.3. The SMILES string of the molecule is O=S1(=O)NC(Cc2ccccc2)Nc2ccccc21. The van der Waals surface area contributed by atoms with Gasteiger partial charge in [0.2, 0.25) is 10.0 Å². The largest absolute Gasteiger partial charge is 0.368 e. The highest BCUT2D eigenvalue weighted by Crippen LogP contribution is 2.26. The maximum Gasteiger partial charge on any atom is 0.244 e. The van der Waals surface area contributed by atoms with Crippen molar-refractivity contribution in [2.24, 2.45) is 0 Å². The van der Waals surface area contributed by atoms with Gasteiger partial charge < -0.3 is 5.32 Å². The molecule has 0 bridgehead atoms. The van der Waals surface area contributed by atoms with Crippen molar-refractivity contribution in [3.8, 4) is 0 Å². The molecule has 0 saturated heterocycles. The van der Waals surface area contributed by atoms with E-state index in [2.05, 4.69) is 10.0 Å². The number of sulfonamides is 1. The monoisotopic (exact) mass is 274 g/mol. The number of nitrogens with one attached hydrogen (secondary N) is 2. The van der Waals surface area contributed by atoms with Crippen LogP contribution >= 0.6 is 0 Å². The summed E-state index contributed by atoms with van der Waals surface area (Å²) in [6.07, 6.45) is 0.288. The van der Waals surface area contributed by atoms with Crippen molar-refractivity contribution < 1.29 is 8.42 Å². The van der Waals surface area contributed by atoms with Crippen LogP contribution in [0.4, 0.5) is 5.69 Å². The second kappa shape index (κ2) is 4.68. The average Bonchev–Trinajstić information content (AvgIpc) is 2.39. The standard InChI is InChI=1S/C14H14N2O2S/c17-19(18)13-9-5-4-8-12(13)15-14(16-19)10-11-6-2-1-3-7-11/h1-9,14-16H,10H2. The molecule has 4 nitrogen and oxygen atoms in total. The first-order valence-electron chi connectivity index (χ1n) is 6.07.